The summed E-state index contributed by atoms with van der Waals surface area (Å²) in [5.74, 6) is -0.333. The number of carbonyl (C=O) groups excluding carboxylic acids is 2. The van der Waals surface area contributed by atoms with Crippen molar-refractivity contribution < 1.29 is 9.59 Å². The Kier molecular flexibility index (Phi) is 7.19. The van der Waals surface area contributed by atoms with E-state index in [0.29, 0.717) is 17.1 Å². The Hall–Kier alpha value is -3.19. The molecule has 0 aliphatic carbocycles. The number of nitrogens with one attached hydrogen (secondary N) is 2. The van der Waals surface area contributed by atoms with Crippen LogP contribution in [0.1, 0.15) is 47.8 Å². The van der Waals surface area contributed by atoms with Crippen LogP contribution in [0.25, 0.3) is 5.69 Å². The molecule has 2 heterocycles. The Morgan fingerprint density at radius 1 is 1.13 bits per heavy atom. The summed E-state index contributed by atoms with van der Waals surface area (Å²) < 4.78 is 1.73. The van der Waals surface area contributed by atoms with Gasteiger partial charge in [-0.05, 0) is 35.7 Å². The van der Waals surface area contributed by atoms with Crippen molar-refractivity contribution in [2.45, 2.75) is 32.7 Å². The molecule has 156 valence electrons. The molecule has 0 fully saturated rings. The molecular weight excluding hydrogens is 402 g/mol. The molecule has 2 amide bonds. The predicted octanol–water partition coefficient (Wildman–Crippen LogP) is 3.48. The minimum atomic E-state index is -0.257. The second-order valence-electron chi connectivity index (χ2n) is 7.13. The van der Waals surface area contributed by atoms with Crippen LogP contribution in [0.3, 0.4) is 0 Å². The molecule has 0 aliphatic heterocycles. The summed E-state index contributed by atoms with van der Waals surface area (Å²) in [4.78, 5) is 28.7. The van der Waals surface area contributed by atoms with Crippen molar-refractivity contribution in [3.05, 3.63) is 76.8 Å². The molecule has 0 aliphatic rings. The van der Waals surface area contributed by atoms with Gasteiger partial charge >= 0.3 is 0 Å². The van der Waals surface area contributed by atoms with Gasteiger partial charge in [-0.3, -0.25) is 14.6 Å². The molecule has 0 saturated heterocycles. The lowest BCUT2D eigenvalue weighted by Gasteiger charge is -2.13. The van der Waals surface area contributed by atoms with Crippen molar-refractivity contribution in [3.8, 4) is 5.69 Å². The first-order valence-corrected chi connectivity index (χ1v) is 10.1. The van der Waals surface area contributed by atoms with E-state index in [2.05, 4.69) is 20.7 Å². The first-order chi connectivity index (χ1) is 14.5. The summed E-state index contributed by atoms with van der Waals surface area (Å²) in [5, 5.41) is 10.6. The lowest BCUT2D eigenvalue weighted by atomic mass is 10.0. The van der Waals surface area contributed by atoms with Gasteiger partial charge in [0.15, 0.2) is 0 Å². The standard InChI is InChI=1S/C22H24ClN5O2/c1-15(2)21-19(14-27-28(21)18-7-3-6-17(23)11-18)22(30)25-10-8-20(29)26-13-16-5-4-9-24-12-16/h3-7,9,11-12,14-15H,8,10,13H2,1-2H3,(H,25,30)(H,26,29). The third-order valence-corrected chi connectivity index (χ3v) is 4.74. The Labute approximate surface area is 180 Å². The first-order valence-electron chi connectivity index (χ1n) is 9.73. The Morgan fingerprint density at radius 2 is 1.97 bits per heavy atom. The van der Waals surface area contributed by atoms with E-state index in [4.69, 9.17) is 11.6 Å². The number of pyridine rings is 1. The predicted molar refractivity (Wildman–Crippen MR) is 116 cm³/mol. The minimum Gasteiger partial charge on any atom is -0.352 e. The summed E-state index contributed by atoms with van der Waals surface area (Å²) >= 11 is 6.10. The third-order valence-electron chi connectivity index (χ3n) is 4.50. The fourth-order valence-corrected chi connectivity index (χ4v) is 3.26. The van der Waals surface area contributed by atoms with Gasteiger partial charge in [0.25, 0.3) is 5.91 Å². The van der Waals surface area contributed by atoms with E-state index < -0.39 is 0 Å². The zero-order chi connectivity index (χ0) is 21.5. The molecule has 0 unspecified atom stereocenters. The molecule has 1 aromatic carbocycles. The van der Waals surface area contributed by atoms with Gasteiger partial charge in [-0.2, -0.15) is 5.10 Å². The van der Waals surface area contributed by atoms with E-state index in [1.165, 1.54) is 0 Å². The number of halogens is 1. The lowest BCUT2D eigenvalue weighted by Crippen LogP contribution is -2.31. The zero-order valence-electron chi connectivity index (χ0n) is 16.9. The van der Waals surface area contributed by atoms with Crippen LogP contribution in [0.15, 0.2) is 55.0 Å². The average Bonchev–Trinajstić information content (AvgIpc) is 3.19. The van der Waals surface area contributed by atoms with Crippen LogP contribution in [0, 0.1) is 0 Å². The van der Waals surface area contributed by atoms with Crippen LogP contribution in [0.4, 0.5) is 0 Å². The van der Waals surface area contributed by atoms with E-state index in [1.807, 2.05) is 38.1 Å². The molecule has 30 heavy (non-hydrogen) atoms. The van der Waals surface area contributed by atoms with Crippen LogP contribution in [0.2, 0.25) is 5.02 Å². The van der Waals surface area contributed by atoms with Crippen molar-refractivity contribution >= 4 is 23.4 Å². The SMILES string of the molecule is CC(C)c1c(C(=O)NCCC(=O)NCc2cccnc2)cnn1-c1cccc(Cl)c1. The smallest absolute Gasteiger partial charge is 0.254 e. The van der Waals surface area contributed by atoms with Gasteiger partial charge < -0.3 is 10.6 Å². The van der Waals surface area contributed by atoms with Crippen molar-refractivity contribution in [1.82, 2.24) is 25.4 Å². The van der Waals surface area contributed by atoms with Gasteiger partial charge in [-0.15, -0.1) is 0 Å². The zero-order valence-corrected chi connectivity index (χ0v) is 17.7. The van der Waals surface area contributed by atoms with Crippen LogP contribution in [0.5, 0.6) is 0 Å². The van der Waals surface area contributed by atoms with Gasteiger partial charge in [-0.1, -0.05) is 37.6 Å². The number of aromatic nitrogens is 3. The maximum atomic E-state index is 12.7. The van der Waals surface area contributed by atoms with Gasteiger partial charge in [0, 0.05) is 36.9 Å². The van der Waals surface area contributed by atoms with Crippen LogP contribution >= 0.6 is 11.6 Å². The summed E-state index contributed by atoms with van der Waals surface area (Å²) in [5.41, 5.74) is 2.99. The second-order valence-corrected chi connectivity index (χ2v) is 7.57. The molecule has 7 nitrogen and oxygen atoms in total. The van der Waals surface area contributed by atoms with Crippen LogP contribution in [-0.2, 0) is 11.3 Å². The molecule has 2 aromatic heterocycles. The first kappa shape index (κ1) is 21.5. The highest BCUT2D eigenvalue weighted by Crippen LogP contribution is 2.24. The Bertz CT molecular complexity index is 1020. The number of hydrogen-bond acceptors (Lipinski definition) is 4. The van der Waals surface area contributed by atoms with Crippen molar-refractivity contribution in [2.24, 2.45) is 0 Å². The van der Waals surface area contributed by atoms with Gasteiger partial charge in [0.2, 0.25) is 5.91 Å². The number of rotatable bonds is 8. The van der Waals surface area contributed by atoms with E-state index in [9.17, 15) is 9.59 Å². The number of benzene rings is 1. The van der Waals surface area contributed by atoms with Gasteiger partial charge in [-0.25, -0.2) is 4.68 Å². The monoisotopic (exact) mass is 425 g/mol. The Morgan fingerprint density at radius 3 is 2.67 bits per heavy atom. The number of hydrogen-bond donors (Lipinski definition) is 2. The van der Waals surface area contributed by atoms with E-state index in [1.54, 1.807) is 35.4 Å². The molecule has 2 N–H and O–H groups in total. The van der Waals surface area contributed by atoms with Crippen molar-refractivity contribution in [1.29, 1.82) is 0 Å². The normalized spacial score (nSPS) is 10.8. The Balaban J connectivity index is 1.59. The highest BCUT2D eigenvalue weighted by molar-refractivity contribution is 6.30. The number of nitrogens with zero attached hydrogens (tertiary/aromatic N) is 3. The highest BCUT2D eigenvalue weighted by atomic mass is 35.5. The molecule has 0 atom stereocenters. The lowest BCUT2D eigenvalue weighted by molar-refractivity contribution is -0.121. The van der Waals surface area contributed by atoms with E-state index in [0.717, 1.165) is 16.9 Å². The van der Waals surface area contributed by atoms with Gasteiger partial charge in [0.1, 0.15) is 0 Å². The topological polar surface area (TPSA) is 88.9 Å². The molecule has 0 spiro atoms. The van der Waals surface area contributed by atoms with Crippen molar-refractivity contribution in [2.75, 3.05) is 6.54 Å². The molecule has 0 radical (unpaired) electrons. The average molecular weight is 426 g/mol. The molecular formula is C22H24ClN5O2. The highest BCUT2D eigenvalue weighted by Gasteiger charge is 2.21. The van der Waals surface area contributed by atoms with Crippen molar-refractivity contribution in [3.63, 3.8) is 0 Å². The fraction of sp³-hybridized carbons (Fsp3) is 0.273. The summed E-state index contributed by atoms with van der Waals surface area (Å²) in [6, 6.07) is 11.0. The maximum Gasteiger partial charge on any atom is 0.254 e. The quantitative estimate of drug-likeness (QED) is 0.578. The van der Waals surface area contributed by atoms with E-state index in [-0.39, 0.29) is 30.7 Å². The molecule has 3 aromatic rings. The summed E-state index contributed by atoms with van der Waals surface area (Å²) in [6.45, 7) is 4.64. The second kappa shape index (κ2) is 10.0. The largest absolute Gasteiger partial charge is 0.352 e. The minimum absolute atomic E-state index is 0.0648. The van der Waals surface area contributed by atoms with Crippen LogP contribution in [-0.4, -0.2) is 33.1 Å². The van der Waals surface area contributed by atoms with E-state index >= 15 is 0 Å². The molecule has 3 rings (SSSR count). The molecule has 0 saturated carbocycles. The molecule has 0 bridgehead atoms. The van der Waals surface area contributed by atoms with Gasteiger partial charge in [0.05, 0.1) is 23.1 Å². The summed E-state index contributed by atoms with van der Waals surface area (Å²) in [6.07, 6.45) is 5.12. The number of carbonyl (C=O) groups is 2. The summed E-state index contributed by atoms with van der Waals surface area (Å²) in [7, 11) is 0. The molecule has 8 heteroatoms. The maximum absolute atomic E-state index is 12.7. The fourth-order valence-electron chi connectivity index (χ4n) is 3.08. The third kappa shape index (κ3) is 5.45. The number of amides is 2. The van der Waals surface area contributed by atoms with Crippen LogP contribution < -0.4 is 10.6 Å².